The van der Waals surface area contributed by atoms with Crippen LogP contribution in [0.3, 0.4) is 0 Å². The molecule has 1 aromatic carbocycles. The van der Waals surface area contributed by atoms with Crippen LogP contribution >= 0.6 is 0 Å². The largest absolute Gasteiger partial charge is 0.387 e. The Hall–Kier alpha value is -1.31. The molecule has 14 heavy (non-hydrogen) atoms. The summed E-state index contributed by atoms with van der Waals surface area (Å²) in [5.41, 5.74) is 9.20. The zero-order chi connectivity index (χ0) is 10.6. The molecule has 0 fully saturated rings. The molecule has 1 aromatic rings. The lowest BCUT2D eigenvalue weighted by molar-refractivity contribution is 0.982. The Labute approximate surface area is 85.9 Å². The molecule has 0 saturated carbocycles. The summed E-state index contributed by atoms with van der Waals surface area (Å²) in [6.45, 7) is 6.23. The van der Waals surface area contributed by atoms with E-state index in [0.717, 1.165) is 24.4 Å². The number of nitrogens with two attached hydrogens (primary N) is 1. The van der Waals surface area contributed by atoms with Crippen molar-refractivity contribution in [2.45, 2.75) is 33.6 Å². The predicted octanol–water partition coefficient (Wildman–Crippen LogP) is 3.09. The van der Waals surface area contributed by atoms with Gasteiger partial charge in [-0.25, -0.2) is 4.99 Å². The zero-order valence-electron chi connectivity index (χ0n) is 9.17. The van der Waals surface area contributed by atoms with E-state index in [0.29, 0.717) is 0 Å². The fourth-order valence-electron chi connectivity index (χ4n) is 1.44. The number of rotatable bonds is 3. The highest BCUT2D eigenvalue weighted by Gasteiger charge is 2.00. The predicted molar refractivity (Wildman–Crippen MR) is 62.1 cm³/mol. The van der Waals surface area contributed by atoms with Crippen LogP contribution in [0.4, 0.5) is 5.69 Å². The minimum absolute atomic E-state index is 0.727. The topological polar surface area (TPSA) is 38.4 Å². The van der Waals surface area contributed by atoms with Crippen molar-refractivity contribution in [3.63, 3.8) is 0 Å². The van der Waals surface area contributed by atoms with E-state index < -0.39 is 0 Å². The van der Waals surface area contributed by atoms with Crippen molar-refractivity contribution in [1.82, 2.24) is 0 Å². The average molecular weight is 190 g/mol. The Balaban J connectivity index is 3.01. The van der Waals surface area contributed by atoms with Crippen LogP contribution in [0.1, 0.15) is 30.9 Å². The molecule has 0 amide bonds. The van der Waals surface area contributed by atoms with E-state index in [9.17, 15) is 0 Å². The van der Waals surface area contributed by atoms with Crippen molar-refractivity contribution in [2.24, 2.45) is 10.7 Å². The summed E-state index contributed by atoms with van der Waals surface area (Å²) in [5.74, 6) is 0.727. The first-order chi connectivity index (χ1) is 6.65. The highest BCUT2D eigenvalue weighted by Crippen LogP contribution is 2.22. The third-order valence-electron chi connectivity index (χ3n) is 2.20. The van der Waals surface area contributed by atoms with Crippen molar-refractivity contribution in [3.05, 3.63) is 29.3 Å². The standard InChI is InChI=1S/C12H18N2/c1-4-6-11(13)14-12-9(2)7-5-8-10(12)3/h5,7-8H,4,6H2,1-3H3,(H2,13,14). The smallest absolute Gasteiger partial charge is 0.0996 e. The Kier molecular flexibility index (Phi) is 3.69. The van der Waals surface area contributed by atoms with Gasteiger partial charge in [-0.15, -0.1) is 0 Å². The molecule has 76 valence electrons. The van der Waals surface area contributed by atoms with E-state index in [4.69, 9.17) is 5.73 Å². The van der Waals surface area contributed by atoms with E-state index in [1.54, 1.807) is 0 Å². The van der Waals surface area contributed by atoms with Gasteiger partial charge in [0.1, 0.15) is 0 Å². The normalized spacial score (nSPS) is 11.8. The van der Waals surface area contributed by atoms with E-state index in [2.05, 4.69) is 37.9 Å². The van der Waals surface area contributed by atoms with Crippen molar-refractivity contribution in [2.75, 3.05) is 0 Å². The molecule has 0 aliphatic heterocycles. The summed E-state index contributed by atoms with van der Waals surface area (Å²) < 4.78 is 0. The van der Waals surface area contributed by atoms with Crippen LogP contribution in [-0.2, 0) is 0 Å². The second-order valence-electron chi connectivity index (χ2n) is 3.59. The fraction of sp³-hybridized carbons (Fsp3) is 0.417. The van der Waals surface area contributed by atoms with Crippen LogP contribution in [-0.4, -0.2) is 5.84 Å². The number of para-hydroxylation sites is 1. The lowest BCUT2D eigenvalue weighted by Gasteiger charge is -2.05. The Morgan fingerprint density at radius 3 is 2.36 bits per heavy atom. The summed E-state index contributed by atoms with van der Waals surface area (Å²) in [7, 11) is 0. The molecular formula is C12H18N2. The molecule has 0 atom stereocenters. The third kappa shape index (κ3) is 2.59. The Morgan fingerprint density at radius 1 is 1.29 bits per heavy atom. The van der Waals surface area contributed by atoms with Crippen molar-refractivity contribution >= 4 is 11.5 Å². The maximum Gasteiger partial charge on any atom is 0.0996 e. The van der Waals surface area contributed by atoms with Crippen LogP contribution in [0.2, 0.25) is 0 Å². The van der Waals surface area contributed by atoms with Crippen molar-refractivity contribution in [3.8, 4) is 0 Å². The second-order valence-corrected chi connectivity index (χ2v) is 3.59. The highest BCUT2D eigenvalue weighted by atomic mass is 14.9. The number of nitrogens with zero attached hydrogens (tertiary/aromatic N) is 1. The van der Waals surface area contributed by atoms with Crippen LogP contribution in [0.25, 0.3) is 0 Å². The molecule has 2 heteroatoms. The van der Waals surface area contributed by atoms with Crippen molar-refractivity contribution in [1.29, 1.82) is 0 Å². The van der Waals surface area contributed by atoms with Crippen LogP contribution in [0.15, 0.2) is 23.2 Å². The van der Waals surface area contributed by atoms with Gasteiger partial charge in [-0.2, -0.15) is 0 Å². The summed E-state index contributed by atoms with van der Waals surface area (Å²) in [6.07, 6.45) is 1.91. The molecule has 0 aliphatic rings. The number of hydrogen-bond donors (Lipinski definition) is 1. The van der Waals surface area contributed by atoms with E-state index >= 15 is 0 Å². The van der Waals surface area contributed by atoms with Crippen LogP contribution in [0.5, 0.6) is 0 Å². The molecule has 0 aromatic heterocycles. The zero-order valence-corrected chi connectivity index (χ0v) is 9.17. The minimum atomic E-state index is 0.727. The van der Waals surface area contributed by atoms with Gasteiger partial charge in [0.15, 0.2) is 0 Å². The highest BCUT2D eigenvalue weighted by molar-refractivity contribution is 5.83. The van der Waals surface area contributed by atoms with E-state index in [-0.39, 0.29) is 0 Å². The molecule has 0 aliphatic carbocycles. The molecule has 0 saturated heterocycles. The number of aliphatic imine (C=N–C) groups is 1. The van der Waals surface area contributed by atoms with Gasteiger partial charge in [-0.05, 0) is 31.4 Å². The molecule has 0 spiro atoms. The second kappa shape index (κ2) is 4.80. The van der Waals surface area contributed by atoms with E-state index in [1.807, 2.05) is 6.07 Å². The minimum Gasteiger partial charge on any atom is -0.387 e. The molecule has 1 rings (SSSR count). The lowest BCUT2D eigenvalue weighted by Crippen LogP contribution is -2.10. The molecule has 0 radical (unpaired) electrons. The van der Waals surface area contributed by atoms with Gasteiger partial charge < -0.3 is 5.73 Å². The molecule has 2 nitrogen and oxygen atoms in total. The fourth-order valence-corrected chi connectivity index (χ4v) is 1.44. The van der Waals surface area contributed by atoms with Gasteiger partial charge in [0, 0.05) is 6.42 Å². The lowest BCUT2D eigenvalue weighted by atomic mass is 10.1. The molecule has 0 heterocycles. The third-order valence-corrected chi connectivity index (χ3v) is 2.20. The summed E-state index contributed by atoms with van der Waals surface area (Å²) in [4.78, 5) is 4.44. The number of amidine groups is 1. The molecular weight excluding hydrogens is 172 g/mol. The van der Waals surface area contributed by atoms with E-state index in [1.165, 1.54) is 11.1 Å². The van der Waals surface area contributed by atoms with Gasteiger partial charge in [0.05, 0.1) is 11.5 Å². The van der Waals surface area contributed by atoms with Gasteiger partial charge in [0.2, 0.25) is 0 Å². The van der Waals surface area contributed by atoms with Crippen LogP contribution in [0, 0.1) is 13.8 Å². The first-order valence-electron chi connectivity index (χ1n) is 5.04. The number of aryl methyl sites for hydroxylation is 2. The Morgan fingerprint density at radius 2 is 1.86 bits per heavy atom. The van der Waals surface area contributed by atoms with Crippen molar-refractivity contribution < 1.29 is 0 Å². The van der Waals surface area contributed by atoms with Gasteiger partial charge in [0.25, 0.3) is 0 Å². The summed E-state index contributed by atoms with van der Waals surface area (Å²) in [5, 5.41) is 0. The first kappa shape index (κ1) is 10.8. The molecule has 0 unspecified atom stereocenters. The maximum atomic E-state index is 5.80. The molecule has 0 bridgehead atoms. The van der Waals surface area contributed by atoms with Crippen LogP contribution < -0.4 is 5.73 Å². The quantitative estimate of drug-likeness (QED) is 0.577. The number of hydrogen-bond acceptors (Lipinski definition) is 1. The van der Waals surface area contributed by atoms with Gasteiger partial charge >= 0.3 is 0 Å². The summed E-state index contributed by atoms with van der Waals surface area (Å²) >= 11 is 0. The van der Waals surface area contributed by atoms with Gasteiger partial charge in [-0.1, -0.05) is 25.1 Å². The monoisotopic (exact) mass is 190 g/mol. The molecule has 2 N–H and O–H groups in total. The van der Waals surface area contributed by atoms with Gasteiger partial charge in [-0.3, -0.25) is 0 Å². The maximum absolute atomic E-state index is 5.80. The Bertz CT molecular complexity index is 320. The average Bonchev–Trinajstić information content (AvgIpc) is 2.12. The SMILES string of the molecule is CCCC(N)=Nc1c(C)cccc1C. The summed E-state index contributed by atoms with van der Waals surface area (Å²) in [6, 6.07) is 6.16. The number of benzene rings is 1. The first-order valence-corrected chi connectivity index (χ1v) is 5.04.